The number of hydrogen-bond acceptors (Lipinski definition) is 5. The SMILES string of the molecule is COc1ccc(NC(=O)/C(=C/c2cccs2)NC(=O)c2ccccc2)c(OC)c1. The van der Waals surface area contributed by atoms with Crippen molar-refractivity contribution in [1.82, 2.24) is 5.32 Å². The average Bonchev–Trinajstić information content (AvgIpc) is 3.27. The lowest BCUT2D eigenvalue weighted by molar-refractivity contribution is -0.113. The van der Waals surface area contributed by atoms with Gasteiger partial charge in [0.25, 0.3) is 11.8 Å². The molecule has 2 amide bonds. The number of anilines is 1. The van der Waals surface area contributed by atoms with Gasteiger partial charge < -0.3 is 20.1 Å². The normalized spacial score (nSPS) is 10.9. The summed E-state index contributed by atoms with van der Waals surface area (Å²) in [5.74, 6) is 0.213. The molecule has 2 N–H and O–H groups in total. The molecule has 0 aliphatic heterocycles. The number of rotatable bonds is 7. The Morgan fingerprint density at radius 1 is 0.966 bits per heavy atom. The lowest BCUT2D eigenvalue weighted by atomic mass is 10.2. The van der Waals surface area contributed by atoms with Crippen molar-refractivity contribution >= 4 is 34.9 Å². The van der Waals surface area contributed by atoms with Crippen molar-refractivity contribution in [3.8, 4) is 11.5 Å². The second-order valence-corrected chi connectivity index (χ2v) is 6.89. The minimum atomic E-state index is -0.467. The monoisotopic (exact) mass is 408 g/mol. The van der Waals surface area contributed by atoms with Crippen molar-refractivity contribution < 1.29 is 19.1 Å². The van der Waals surface area contributed by atoms with Crippen molar-refractivity contribution in [3.05, 3.63) is 82.2 Å². The van der Waals surface area contributed by atoms with Gasteiger partial charge in [-0.1, -0.05) is 24.3 Å². The fourth-order valence-electron chi connectivity index (χ4n) is 2.55. The maximum Gasteiger partial charge on any atom is 0.272 e. The summed E-state index contributed by atoms with van der Waals surface area (Å²) in [5, 5.41) is 7.38. The molecule has 0 atom stereocenters. The van der Waals surface area contributed by atoms with Gasteiger partial charge in [-0.25, -0.2) is 0 Å². The van der Waals surface area contributed by atoms with Crippen LogP contribution in [0, 0.1) is 0 Å². The predicted molar refractivity (Wildman–Crippen MR) is 114 cm³/mol. The summed E-state index contributed by atoms with van der Waals surface area (Å²) in [5.41, 5.74) is 1.04. The van der Waals surface area contributed by atoms with Crippen molar-refractivity contribution in [2.75, 3.05) is 19.5 Å². The largest absolute Gasteiger partial charge is 0.497 e. The van der Waals surface area contributed by atoms with Crippen molar-refractivity contribution in [2.24, 2.45) is 0 Å². The van der Waals surface area contributed by atoms with E-state index >= 15 is 0 Å². The molecule has 0 aliphatic carbocycles. The van der Waals surface area contributed by atoms with Crippen LogP contribution in [0.1, 0.15) is 15.2 Å². The van der Waals surface area contributed by atoms with Gasteiger partial charge in [0, 0.05) is 16.5 Å². The Bertz CT molecular complexity index is 1010. The number of methoxy groups -OCH3 is 2. The highest BCUT2D eigenvalue weighted by Crippen LogP contribution is 2.29. The first kappa shape index (κ1) is 20.2. The summed E-state index contributed by atoms with van der Waals surface area (Å²) in [6.45, 7) is 0. The van der Waals surface area contributed by atoms with Gasteiger partial charge in [-0.2, -0.15) is 0 Å². The Morgan fingerprint density at radius 2 is 1.76 bits per heavy atom. The van der Waals surface area contributed by atoms with Crippen LogP contribution in [-0.4, -0.2) is 26.0 Å². The summed E-state index contributed by atoms with van der Waals surface area (Å²) < 4.78 is 10.5. The number of carbonyl (C=O) groups is 2. The smallest absolute Gasteiger partial charge is 0.272 e. The number of thiophene rings is 1. The van der Waals surface area contributed by atoms with Crippen LogP contribution >= 0.6 is 11.3 Å². The molecule has 1 aromatic heterocycles. The first-order valence-corrected chi connectivity index (χ1v) is 9.63. The highest BCUT2D eigenvalue weighted by molar-refractivity contribution is 7.10. The van der Waals surface area contributed by atoms with Crippen molar-refractivity contribution in [2.45, 2.75) is 0 Å². The highest BCUT2D eigenvalue weighted by Gasteiger charge is 2.17. The molecule has 0 fully saturated rings. The fraction of sp³-hybridized carbons (Fsp3) is 0.0909. The molecule has 3 aromatic rings. The number of nitrogens with one attached hydrogen (secondary N) is 2. The van der Waals surface area contributed by atoms with E-state index in [1.807, 2.05) is 23.6 Å². The molecule has 0 radical (unpaired) electrons. The molecule has 0 spiro atoms. The molecule has 0 unspecified atom stereocenters. The molecule has 7 heteroatoms. The first-order chi connectivity index (χ1) is 14.1. The zero-order chi connectivity index (χ0) is 20.6. The molecule has 3 rings (SSSR count). The molecular weight excluding hydrogens is 388 g/mol. The van der Waals surface area contributed by atoms with E-state index in [9.17, 15) is 9.59 Å². The van der Waals surface area contributed by atoms with Crippen molar-refractivity contribution in [3.63, 3.8) is 0 Å². The number of carbonyl (C=O) groups excluding carboxylic acids is 2. The summed E-state index contributed by atoms with van der Waals surface area (Å²) >= 11 is 1.46. The third kappa shape index (κ3) is 5.24. The minimum Gasteiger partial charge on any atom is -0.497 e. The number of hydrogen-bond donors (Lipinski definition) is 2. The molecular formula is C22H20N2O4S. The van der Waals surface area contributed by atoms with E-state index in [0.717, 1.165) is 4.88 Å². The zero-order valence-corrected chi connectivity index (χ0v) is 16.8. The van der Waals surface area contributed by atoms with Crippen LogP contribution in [-0.2, 0) is 4.79 Å². The maximum atomic E-state index is 13.0. The van der Waals surface area contributed by atoms with Crippen LogP contribution in [0.5, 0.6) is 11.5 Å². The van der Waals surface area contributed by atoms with E-state index < -0.39 is 5.91 Å². The Kier molecular flexibility index (Phi) is 6.65. The standard InChI is InChI=1S/C22H20N2O4S/c1-27-16-10-11-18(20(13-16)28-2)23-22(26)19(14-17-9-6-12-29-17)24-21(25)15-7-4-3-5-8-15/h3-14H,1-2H3,(H,23,26)(H,24,25)/b19-14-. The Hall–Kier alpha value is -3.58. The number of ether oxygens (including phenoxy) is 2. The van der Waals surface area contributed by atoms with Gasteiger partial charge in [0.2, 0.25) is 0 Å². The maximum absolute atomic E-state index is 13.0. The molecule has 0 aliphatic rings. The molecule has 0 saturated carbocycles. The molecule has 148 valence electrons. The van der Waals surface area contributed by atoms with Crippen LogP contribution in [0.25, 0.3) is 6.08 Å². The summed E-state index contributed by atoms with van der Waals surface area (Å²) in [6, 6.07) is 17.5. The Labute approximate surface area is 172 Å². The molecule has 0 saturated heterocycles. The van der Waals surface area contributed by atoms with Gasteiger partial charge >= 0.3 is 0 Å². The minimum absolute atomic E-state index is 0.124. The third-order valence-corrected chi connectivity index (χ3v) is 4.83. The van der Waals surface area contributed by atoms with Gasteiger partial charge in [0.15, 0.2) is 0 Å². The molecule has 29 heavy (non-hydrogen) atoms. The van der Waals surface area contributed by atoms with Gasteiger partial charge in [0.1, 0.15) is 17.2 Å². The zero-order valence-electron chi connectivity index (χ0n) is 16.0. The van der Waals surface area contributed by atoms with E-state index in [-0.39, 0.29) is 11.6 Å². The number of amides is 2. The summed E-state index contributed by atoms with van der Waals surface area (Å²) in [7, 11) is 3.05. The van der Waals surface area contributed by atoms with Crippen LogP contribution in [0.3, 0.4) is 0 Å². The first-order valence-electron chi connectivity index (χ1n) is 8.75. The van der Waals surface area contributed by atoms with Gasteiger partial charge in [0.05, 0.1) is 19.9 Å². The molecule has 6 nitrogen and oxygen atoms in total. The molecule has 2 aromatic carbocycles. The van der Waals surface area contributed by atoms with Crippen LogP contribution in [0.15, 0.2) is 71.7 Å². The van der Waals surface area contributed by atoms with Crippen LogP contribution < -0.4 is 20.1 Å². The average molecular weight is 408 g/mol. The van der Waals surface area contributed by atoms with E-state index in [1.54, 1.807) is 55.7 Å². The summed E-state index contributed by atoms with van der Waals surface area (Å²) in [4.78, 5) is 26.4. The fourth-order valence-corrected chi connectivity index (χ4v) is 3.21. The lowest BCUT2D eigenvalue weighted by Gasteiger charge is -2.14. The molecule has 0 bridgehead atoms. The van der Waals surface area contributed by atoms with Gasteiger partial charge in [-0.05, 0) is 41.8 Å². The lowest BCUT2D eigenvalue weighted by Crippen LogP contribution is -2.30. The predicted octanol–water partition coefficient (Wildman–Crippen LogP) is 4.17. The quantitative estimate of drug-likeness (QED) is 0.575. The van der Waals surface area contributed by atoms with E-state index in [4.69, 9.17) is 9.47 Å². The van der Waals surface area contributed by atoms with E-state index in [0.29, 0.717) is 22.7 Å². The topological polar surface area (TPSA) is 76.7 Å². The van der Waals surface area contributed by atoms with Crippen LogP contribution in [0.2, 0.25) is 0 Å². The van der Waals surface area contributed by atoms with Gasteiger partial charge in [-0.15, -0.1) is 11.3 Å². The van der Waals surface area contributed by atoms with E-state index in [2.05, 4.69) is 10.6 Å². The second-order valence-electron chi connectivity index (χ2n) is 5.91. The third-order valence-electron chi connectivity index (χ3n) is 4.02. The van der Waals surface area contributed by atoms with Gasteiger partial charge in [-0.3, -0.25) is 9.59 Å². The number of benzene rings is 2. The molecule has 1 heterocycles. The Balaban J connectivity index is 1.86. The second kappa shape index (κ2) is 9.57. The van der Waals surface area contributed by atoms with E-state index in [1.165, 1.54) is 18.4 Å². The highest BCUT2D eigenvalue weighted by atomic mass is 32.1. The Morgan fingerprint density at radius 3 is 2.41 bits per heavy atom. The van der Waals surface area contributed by atoms with Crippen molar-refractivity contribution in [1.29, 1.82) is 0 Å². The summed E-state index contributed by atoms with van der Waals surface area (Å²) in [6.07, 6.45) is 1.64. The van der Waals surface area contributed by atoms with Crippen LogP contribution in [0.4, 0.5) is 5.69 Å².